The summed E-state index contributed by atoms with van der Waals surface area (Å²) < 4.78 is 27.1. The maximum atomic E-state index is 13.8. The molecule has 0 atom stereocenters. The van der Waals surface area contributed by atoms with Crippen LogP contribution in [0.1, 0.15) is 26.4 Å². The summed E-state index contributed by atoms with van der Waals surface area (Å²) >= 11 is 0. The molecule has 1 aliphatic heterocycles. The number of aromatic amines is 1. The average molecular weight is 444 g/mol. The molecule has 0 spiro atoms. The molecule has 10 heteroatoms. The third-order valence-corrected chi connectivity index (χ3v) is 5.12. The van der Waals surface area contributed by atoms with Gasteiger partial charge in [-0.25, -0.2) is 8.78 Å². The molecule has 168 valence electrons. The van der Waals surface area contributed by atoms with E-state index >= 15 is 0 Å². The van der Waals surface area contributed by atoms with Crippen molar-refractivity contribution in [1.29, 1.82) is 0 Å². The summed E-state index contributed by atoms with van der Waals surface area (Å²) in [6, 6.07) is 7.86. The number of halogens is 2. The third-order valence-electron chi connectivity index (χ3n) is 5.12. The van der Waals surface area contributed by atoms with Gasteiger partial charge in [0.25, 0.3) is 18.3 Å². The minimum atomic E-state index is -0.723. The van der Waals surface area contributed by atoms with Crippen LogP contribution in [-0.4, -0.2) is 59.5 Å². The van der Waals surface area contributed by atoms with Crippen LogP contribution in [0.4, 0.5) is 14.5 Å². The van der Waals surface area contributed by atoms with E-state index in [4.69, 9.17) is 9.90 Å². The number of anilines is 1. The van der Waals surface area contributed by atoms with Gasteiger partial charge in [0, 0.05) is 35.6 Å². The zero-order valence-electron chi connectivity index (χ0n) is 17.4. The Kier molecular flexibility index (Phi) is 6.84. The lowest BCUT2D eigenvalue weighted by Gasteiger charge is -2.36. The summed E-state index contributed by atoms with van der Waals surface area (Å²) in [6.07, 6.45) is 0. The van der Waals surface area contributed by atoms with E-state index in [1.807, 2.05) is 7.05 Å². The molecule has 4 rings (SSSR count). The van der Waals surface area contributed by atoms with Crippen molar-refractivity contribution in [2.75, 3.05) is 25.5 Å². The van der Waals surface area contributed by atoms with Crippen LogP contribution < -0.4 is 10.6 Å². The molecule has 1 fully saturated rings. The number of hydrogen-bond donors (Lipinski definition) is 4. The number of H-pyrrole nitrogens is 1. The first-order valence-electron chi connectivity index (χ1n) is 9.69. The molecule has 2 amide bonds. The van der Waals surface area contributed by atoms with Crippen molar-refractivity contribution >= 4 is 34.9 Å². The van der Waals surface area contributed by atoms with Crippen molar-refractivity contribution in [3.05, 3.63) is 64.9 Å². The van der Waals surface area contributed by atoms with Crippen LogP contribution in [-0.2, 0) is 4.79 Å². The van der Waals surface area contributed by atoms with Crippen molar-refractivity contribution in [2.24, 2.45) is 0 Å². The Labute approximate surface area is 182 Å². The Morgan fingerprint density at radius 1 is 1.16 bits per heavy atom. The molecule has 0 bridgehead atoms. The van der Waals surface area contributed by atoms with Gasteiger partial charge in [-0.15, -0.1) is 0 Å². The number of carbonyl (C=O) groups excluding carboxylic acids is 2. The summed E-state index contributed by atoms with van der Waals surface area (Å²) in [5.74, 6) is -2.13. The molecule has 8 nitrogen and oxygen atoms in total. The number of fused-ring (bicyclic) bond motifs is 1. The van der Waals surface area contributed by atoms with Crippen LogP contribution in [0, 0.1) is 18.6 Å². The molecule has 2 aromatic carbocycles. The highest BCUT2D eigenvalue weighted by Crippen LogP contribution is 2.24. The summed E-state index contributed by atoms with van der Waals surface area (Å²) in [5, 5.41) is 13.0. The van der Waals surface area contributed by atoms with Crippen molar-refractivity contribution in [1.82, 2.24) is 15.2 Å². The molecular weight excluding hydrogens is 422 g/mol. The van der Waals surface area contributed by atoms with Crippen LogP contribution >= 0.6 is 0 Å². The van der Waals surface area contributed by atoms with Gasteiger partial charge in [0.15, 0.2) is 0 Å². The summed E-state index contributed by atoms with van der Waals surface area (Å²) in [5.41, 5.74) is 1.93. The zero-order chi connectivity index (χ0) is 23.4. The van der Waals surface area contributed by atoms with Crippen molar-refractivity contribution in [2.45, 2.75) is 13.0 Å². The molecule has 32 heavy (non-hydrogen) atoms. The minimum Gasteiger partial charge on any atom is -0.483 e. The van der Waals surface area contributed by atoms with Gasteiger partial charge in [0.2, 0.25) is 0 Å². The Morgan fingerprint density at radius 2 is 1.84 bits per heavy atom. The number of carbonyl (C=O) groups is 3. The number of nitrogens with one attached hydrogen (secondary N) is 3. The SMILES string of the molecule is Cc1c(C(=O)NC2CN(C)C2)[nH]c2ccc(C(=O)Nc3cc(F)ccc3F)cc12.O=CO. The zero-order valence-corrected chi connectivity index (χ0v) is 17.4. The van der Waals surface area contributed by atoms with Crippen LogP contribution in [0.2, 0.25) is 0 Å². The lowest BCUT2D eigenvalue weighted by molar-refractivity contribution is -0.122. The van der Waals surface area contributed by atoms with Crippen LogP contribution in [0.25, 0.3) is 10.9 Å². The number of hydrogen-bond acceptors (Lipinski definition) is 4. The predicted octanol–water partition coefficient (Wildman–Crippen LogP) is 2.75. The van der Waals surface area contributed by atoms with E-state index in [0.717, 1.165) is 36.9 Å². The lowest BCUT2D eigenvalue weighted by atomic mass is 10.1. The Morgan fingerprint density at radius 3 is 2.50 bits per heavy atom. The van der Waals surface area contributed by atoms with Gasteiger partial charge in [0.1, 0.15) is 17.3 Å². The third kappa shape index (κ3) is 4.92. The van der Waals surface area contributed by atoms with Gasteiger partial charge in [-0.05, 0) is 49.9 Å². The van der Waals surface area contributed by atoms with E-state index in [2.05, 4.69) is 20.5 Å². The highest BCUT2D eigenvalue weighted by molar-refractivity contribution is 6.08. The number of likely N-dealkylation sites (N-methyl/N-ethyl adjacent to an activating group) is 1. The van der Waals surface area contributed by atoms with Gasteiger partial charge in [0.05, 0.1) is 11.7 Å². The van der Waals surface area contributed by atoms with Crippen LogP contribution in [0.5, 0.6) is 0 Å². The summed E-state index contributed by atoms with van der Waals surface area (Å²) in [6.45, 7) is 3.17. The first kappa shape index (κ1) is 22.9. The number of benzene rings is 2. The first-order chi connectivity index (χ1) is 15.2. The molecule has 1 aromatic heterocycles. The van der Waals surface area contributed by atoms with Gasteiger partial charge < -0.3 is 25.6 Å². The topological polar surface area (TPSA) is 115 Å². The number of amides is 2. The number of aromatic nitrogens is 1. The van der Waals surface area contributed by atoms with Crippen LogP contribution in [0.3, 0.4) is 0 Å². The van der Waals surface area contributed by atoms with Crippen molar-refractivity contribution < 1.29 is 28.3 Å². The monoisotopic (exact) mass is 444 g/mol. The normalized spacial score (nSPS) is 13.6. The van der Waals surface area contributed by atoms with E-state index < -0.39 is 17.5 Å². The van der Waals surface area contributed by atoms with E-state index in [-0.39, 0.29) is 29.7 Å². The fourth-order valence-electron chi connectivity index (χ4n) is 3.53. The van der Waals surface area contributed by atoms with Crippen molar-refractivity contribution in [3.63, 3.8) is 0 Å². The fourth-order valence-corrected chi connectivity index (χ4v) is 3.53. The second-order valence-corrected chi connectivity index (χ2v) is 7.46. The van der Waals surface area contributed by atoms with Gasteiger partial charge in [-0.1, -0.05) is 0 Å². The highest BCUT2D eigenvalue weighted by atomic mass is 19.1. The van der Waals surface area contributed by atoms with E-state index in [9.17, 15) is 18.4 Å². The lowest BCUT2D eigenvalue weighted by Crippen LogP contribution is -2.57. The van der Waals surface area contributed by atoms with Gasteiger partial charge in [-0.3, -0.25) is 14.4 Å². The van der Waals surface area contributed by atoms with Gasteiger partial charge in [-0.2, -0.15) is 0 Å². The summed E-state index contributed by atoms with van der Waals surface area (Å²) in [4.78, 5) is 38.6. The van der Waals surface area contributed by atoms with E-state index in [0.29, 0.717) is 16.6 Å². The second-order valence-electron chi connectivity index (χ2n) is 7.46. The van der Waals surface area contributed by atoms with Crippen LogP contribution in [0.15, 0.2) is 36.4 Å². The maximum absolute atomic E-state index is 13.8. The standard InChI is InChI=1S/C21H20F2N4O2.CH2O2/c1-11-15-7-12(20(28)26-18-8-13(22)4-5-16(18)23)3-6-17(15)25-19(11)21(29)24-14-9-27(2)10-14;2-1-3/h3-8,14,25H,9-10H2,1-2H3,(H,24,29)(H,26,28);1H,(H,2,3). The molecule has 1 aliphatic rings. The Bertz CT molecular complexity index is 1170. The molecule has 2 heterocycles. The second kappa shape index (κ2) is 9.56. The molecular formula is C22H22F2N4O4. The summed E-state index contributed by atoms with van der Waals surface area (Å²) in [7, 11) is 1.99. The molecule has 3 aromatic rings. The largest absolute Gasteiger partial charge is 0.483 e. The quantitative estimate of drug-likeness (QED) is 0.462. The predicted molar refractivity (Wildman–Crippen MR) is 115 cm³/mol. The Hall–Kier alpha value is -3.79. The molecule has 0 aliphatic carbocycles. The number of carboxylic acid groups (broad SMARTS) is 1. The number of aryl methyl sites for hydroxylation is 1. The van der Waals surface area contributed by atoms with Crippen molar-refractivity contribution in [3.8, 4) is 0 Å². The maximum Gasteiger partial charge on any atom is 0.290 e. The number of nitrogens with zero attached hydrogens (tertiary/aromatic N) is 1. The molecule has 4 N–H and O–H groups in total. The number of likely N-dealkylation sites (tertiary alicyclic amines) is 1. The molecule has 0 radical (unpaired) electrons. The van der Waals surface area contributed by atoms with E-state index in [1.54, 1.807) is 25.1 Å². The van der Waals surface area contributed by atoms with Gasteiger partial charge >= 0.3 is 0 Å². The molecule has 1 saturated heterocycles. The molecule has 0 unspecified atom stereocenters. The Balaban J connectivity index is 0.000000913. The minimum absolute atomic E-state index is 0.126. The highest BCUT2D eigenvalue weighted by Gasteiger charge is 2.26. The average Bonchev–Trinajstić information content (AvgIpc) is 3.06. The van der Waals surface area contributed by atoms with E-state index in [1.165, 1.54) is 0 Å². The number of rotatable bonds is 4. The fraction of sp³-hybridized carbons (Fsp3) is 0.227. The smallest absolute Gasteiger partial charge is 0.290 e. The first-order valence-corrected chi connectivity index (χ1v) is 9.69. The molecule has 0 saturated carbocycles.